The molecular weight excluding hydrogens is 291 g/mol. The molecule has 0 saturated heterocycles. The third kappa shape index (κ3) is 3.12. The van der Waals surface area contributed by atoms with Crippen LogP contribution in [0.25, 0.3) is 11.5 Å². The Hall–Kier alpha value is -2.59. The third-order valence-corrected chi connectivity index (χ3v) is 3.67. The van der Waals surface area contributed by atoms with Crippen molar-refractivity contribution < 1.29 is 8.91 Å². The Kier molecular flexibility index (Phi) is 3.71. The molecule has 0 saturated carbocycles. The fourth-order valence-electron chi connectivity index (χ4n) is 1.72. The molecule has 1 N–H and O–H groups in total. The van der Waals surface area contributed by atoms with Gasteiger partial charge in [-0.3, -0.25) is 0 Å². The number of nitrogens with one attached hydrogen (secondary N) is 1. The lowest BCUT2D eigenvalue weighted by Crippen LogP contribution is -1.84. The summed E-state index contributed by atoms with van der Waals surface area (Å²) in [4.78, 5) is 7.84. The van der Waals surface area contributed by atoms with Gasteiger partial charge in [-0.25, -0.2) is 4.39 Å². The number of H-pyrrole nitrogens is 1. The van der Waals surface area contributed by atoms with E-state index >= 15 is 0 Å². The van der Waals surface area contributed by atoms with Gasteiger partial charge in [-0.2, -0.15) is 10.2 Å². The van der Waals surface area contributed by atoms with Crippen LogP contribution in [-0.2, 0) is 5.75 Å². The van der Waals surface area contributed by atoms with Gasteiger partial charge >= 0.3 is 0 Å². The highest BCUT2D eigenvalue weighted by atomic mass is 32.2. The first kappa shape index (κ1) is 13.4. The average Bonchev–Trinajstić information content (AvgIpc) is 3.14. The summed E-state index contributed by atoms with van der Waals surface area (Å²) in [6.45, 7) is 0. The largest absolute Gasteiger partial charge is 0.352 e. The van der Waals surface area contributed by atoms with E-state index in [0.29, 0.717) is 28.7 Å². The van der Waals surface area contributed by atoms with Crippen molar-refractivity contribution in [3.05, 3.63) is 53.9 Å². The van der Waals surface area contributed by atoms with Gasteiger partial charge in [-0.1, -0.05) is 11.2 Å². The van der Waals surface area contributed by atoms with Gasteiger partial charge in [-0.05, 0) is 24.3 Å². The molecule has 0 radical (unpaired) electrons. The second-order valence-electron chi connectivity index (χ2n) is 4.18. The van der Waals surface area contributed by atoms with Crippen molar-refractivity contribution >= 4 is 11.8 Å². The summed E-state index contributed by atoms with van der Waals surface area (Å²) in [6, 6.07) is 9.95. The summed E-state index contributed by atoms with van der Waals surface area (Å²) in [7, 11) is 0. The second kappa shape index (κ2) is 5.81. The Bertz CT molecular complexity index is 805. The van der Waals surface area contributed by atoms with E-state index in [0.717, 1.165) is 4.90 Å². The van der Waals surface area contributed by atoms with E-state index in [9.17, 15) is 4.39 Å². The fourth-order valence-corrected chi connectivity index (χ4v) is 2.50. The summed E-state index contributed by atoms with van der Waals surface area (Å²) >= 11 is 1.42. The smallest absolute Gasteiger partial charge is 0.259 e. The highest BCUT2D eigenvalue weighted by molar-refractivity contribution is 7.98. The summed E-state index contributed by atoms with van der Waals surface area (Å²) < 4.78 is 18.2. The van der Waals surface area contributed by atoms with Crippen molar-refractivity contribution in [1.82, 2.24) is 15.1 Å². The molecule has 0 spiro atoms. The molecule has 2 aromatic heterocycles. The monoisotopic (exact) mass is 300 g/mol. The second-order valence-corrected chi connectivity index (χ2v) is 5.22. The van der Waals surface area contributed by atoms with E-state index in [1.54, 1.807) is 18.3 Å². The number of rotatable bonds is 4. The Morgan fingerprint density at radius 2 is 2.29 bits per heavy atom. The molecule has 0 unspecified atom stereocenters. The molecule has 0 atom stereocenters. The number of benzene rings is 1. The van der Waals surface area contributed by atoms with Crippen LogP contribution in [0.2, 0.25) is 0 Å². The van der Waals surface area contributed by atoms with Crippen LogP contribution in [0.1, 0.15) is 11.5 Å². The number of thioether (sulfide) groups is 1. The van der Waals surface area contributed by atoms with Crippen molar-refractivity contribution in [3.8, 4) is 17.5 Å². The van der Waals surface area contributed by atoms with Gasteiger partial charge in [0.2, 0.25) is 0 Å². The molecule has 104 valence electrons. The van der Waals surface area contributed by atoms with E-state index < -0.39 is 0 Å². The molecule has 5 nitrogen and oxygen atoms in total. The standard InChI is InChI=1S/C14H9FN4OS/c15-10-2-1-3-12(5-10)21-8-13-18-14(20-19-13)9-4-11(6-16)17-7-9/h1-5,7,17H,8H2. The maximum atomic E-state index is 13.1. The third-order valence-electron chi connectivity index (χ3n) is 2.68. The Morgan fingerprint density at radius 1 is 1.38 bits per heavy atom. The predicted molar refractivity (Wildman–Crippen MR) is 74.8 cm³/mol. The van der Waals surface area contributed by atoms with Crippen molar-refractivity contribution in [2.45, 2.75) is 10.6 Å². The molecule has 7 heteroatoms. The van der Waals surface area contributed by atoms with Gasteiger partial charge < -0.3 is 9.51 Å². The molecule has 0 aliphatic carbocycles. The summed E-state index contributed by atoms with van der Waals surface area (Å²) in [5.74, 6) is 1.06. The molecule has 0 aliphatic heterocycles. The maximum absolute atomic E-state index is 13.1. The topological polar surface area (TPSA) is 78.5 Å². The van der Waals surface area contributed by atoms with Crippen LogP contribution in [0.5, 0.6) is 0 Å². The van der Waals surface area contributed by atoms with Crippen LogP contribution >= 0.6 is 11.8 Å². The van der Waals surface area contributed by atoms with Crippen molar-refractivity contribution in [2.75, 3.05) is 0 Å². The minimum absolute atomic E-state index is 0.273. The minimum Gasteiger partial charge on any atom is -0.352 e. The predicted octanol–water partition coefficient (Wildman–Crippen LogP) is 3.37. The number of nitriles is 1. The quantitative estimate of drug-likeness (QED) is 0.747. The number of halogens is 1. The molecule has 0 aliphatic rings. The number of hydrogen-bond donors (Lipinski definition) is 1. The number of aromatic nitrogens is 3. The summed E-state index contributed by atoms with van der Waals surface area (Å²) in [5.41, 5.74) is 1.10. The molecule has 3 aromatic rings. The summed E-state index contributed by atoms with van der Waals surface area (Å²) in [6.07, 6.45) is 1.63. The molecular formula is C14H9FN4OS. The molecule has 21 heavy (non-hydrogen) atoms. The average molecular weight is 300 g/mol. The Balaban J connectivity index is 1.69. The summed E-state index contributed by atoms with van der Waals surface area (Å²) in [5, 5.41) is 12.6. The Labute approximate surface area is 123 Å². The van der Waals surface area contributed by atoms with Crippen molar-refractivity contribution in [3.63, 3.8) is 0 Å². The fraction of sp³-hybridized carbons (Fsp3) is 0.0714. The van der Waals surface area contributed by atoms with Gasteiger partial charge in [0.15, 0.2) is 5.82 Å². The van der Waals surface area contributed by atoms with Crippen LogP contribution in [0.15, 0.2) is 45.9 Å². The first-order chi connectivity index (χ1) is 10.2. The van der Waals surface area contributed by atoms with E-state index in [1.807, 2.05) is 12.1 Å². The SMILES string of the molecule is N#Cc1cc(-c2nc(CSc3cccc(F)c3)no2)c[nH]1. The minimum atomic E-state index is -0.273. The zero-order valence-electron chi connectivity index (χ0n) is 10.7. The number of hydrogen-bond acceptors (Lipinski definition) is 5. The van der Waals surface area contributed by atoms with E-state index in [1.165, 1.54) is 23.9 Å². The van der Waals surface area contributed by atoms with Gasteiger partial charge in [0, 0.05) is 11.1 Å². The van der Waals surface area contributed by atoms with Gasteiger partial charge in [0.25, 0.3) is 5.89 Å². The lowest BCUT2D eigenvalue weighted by atomic mass is 10.3. The van der Waals surface area contributed by atoms with Crippen LogP contribution in [0.3, 0.4) is 0 Å². The molecule has 2 heterocycles. The molecule has 1 aromatic carbocycles. The van der Waals surface area contributed by atoms with E-state index in [-0.39, 0.29) is 5.82 Å². The van der Waals surface area contributed by atoms with Crippen LogP contribution in [0.4, 0.5) is 4.39 Å². The maximum Gasteiger partial charge on any atom is 0.259 e. The molecule has 0 fully saturated rings. The first-order valence-electron chi connectivity index (χ1n) is 6.04. The highest BCUT2D eigenvalue weighted by Crippen LogP contribution is 2.24. The molecule has 0 bridgehead atoms. The van der Waals surface area contributed by atoms with Crippen molar-refractivity contribution in [2.24, 2.45) is 0 Å². The highest BCUT2D eigenvalue weighted by Gasteiger charge is 2.11. The van der Waals surface area contributed by atoms with Crippen LogP contribution < -0.4 is 0 Å². The molecule has 3 rings (SSSR count). The first-order valence-corrected chi connectivity index (χ1v) is 7.03. The van der Waals surface area contributed by atoms with Gasteiger partial charge in [0.05, 0.1) is 11.3 Å². The van der Waals surface area contributed by atoms with Gasteiger partial charge in [0.1, 0.15) is 17.6 Å². The van der Waals surface area contributed by atoms with E-state index in [4.69, 9.17) is 9.78 Å². The Morgan fingerprint density at radius 3 is 3.05 bits per heavy atom. The van der Waals surface area contributed by atoms with Crippen LogP contribution in [-0.4, -0.2) is 15.1 Å². The van der Waals surface area contributed by atoms with Crippen molar-refractivity contribution in [1.29, 1.82) is 5.26 Å². The normalized spacial score (nSPS) is 10.5. The zero-order valence-corrected chi connectivity index (χ0v) is 11.5. The lowest BCUT2D eigenvalue weighted by molar-refractivity contribution is 0.425. The zero-order chi connectivity index (χ0) is 14.7. The number of aromatic amines is 1. The lowest BCUT2D eigenvalue weighted by Gasteiger charge is -1.97. The van der Waals surface area contributed by atoms with Gasteiger partial charge in [-0.15, -0.1) is 11.8 Å². The van der Waals surface area contributed by atoms with Crippen LogP contribution in [0, 0.1) is 17.1 Å². The van der Waals surface area contributed by atoms with E-state index in [2.05, 4.69) is 15.1 Å². The number of nitrogens with zero attached hydrogens (tertiary/aromatic N) is 3. The molecule has 0 amide bonds.